The van der Waals surface area contributed by atoms with E-state index in [4.69, 9.17) is 10.5 Å². The average molecular weight is 307 g/mol. The smallest absolute Gasteiger partial charge is 0.215 e. The lowest BCUT2D eigenvalue weighted by Gasteiger charge is -2.08. The van der Waals surface area contributed by atoms with Crippen molar-refractivity contribution in [2.24, 2.45) is 5.73 Å². The third-order valence-electron chi connectivity index (χ3n) is 2.82. The topological polar surface area (TPSA) is 94.3 Å². The monoisotopic (exact) mass is 307 g/mol. The van der Waals surface area contributed by atoms with Crippen LogP contribution in [0.4, 0.5) is 0 Å². The van der Waals surface area contributed by atoms with Crippen LogP contribution >= 0.6 is 0 Å². The van der Waals surface area contributed by atoms with Crippen LogP contribution < -0.4 is 15.2 Å². The predicted molar refractivity (Wildman–Crippen MR) is 80.3 cm³/mol. The number of pyridine rings is 1. The zero-order chi connectivity index (χ0) is 15.3. The van der Waals surface area contributed by atoms with Crippen LogP contribution in [-0.2, 0) is 22.3 Å². The molecular formula is C14H17N3O3S. The Morgan fingerprint density at radius 3 is 2.52 bits per heavy atom. The van der Waals surface area contributed by atoms with E-state index in [2.05, 4.69) is 9.71 Å². The molecule has 0 saturated heterocycles. The van der Waals surface area contributed by atoms with E-state index >= 15 is 0 Å². The van der Waals surface area contributed by atoms with Gasteiger partial charge in [-0.25, -0.2) is 13.1 Å². The Kier molecular flexibility index (Phi) is 4.89. The standard InChI is InChI=1S/C14H17N3O3S/c1-16-21(18,19)10-11-2-4-13(5-3-11)20-14-6-7-17-12(8-14)9-15/h2-8,16H,9-10,15H2,1H3. The molecule has 0 fully saturated rings. The number of nitrogens with one attached hydrogen (secondary N) is 1. The number of ether oxygens (including phenoxy) is 1. The molecule has 6 nitrogen and oxygen atoms in total. The predicted octanol–water partition coefficient (Wildman–Crippen LogP) is 1.38. The second-order valence-corrected chi connectivity index (χ2v) is 6.32. The van der Waals surface area contributed by atoms with Crippen LogP contribution in [0.25, 0.3) is 0 Å². The summed E-state index contributed by atoms with van der Waals surface area (Å²) in [6, 6.07) is 10.4. The summed E-state index contributed by atoms with van der Waals surface area (Å²) in [6.07, 6.45) is 1.63. The first-order chi connectivity index (χ1) is 10.0. The molecule has 0 aliphatic rings. The lowest BCUT2D eigenvalue weighted by molar-refractivity contribution is 0.480. The van der Waals surface area contributed by atoms with Crippen molar-refractivity contribution in [3.05, 3.63) is 53.9 Å². The number of hydrogen-bond acceptors (Lipinski definition) is 5. The van der Waals surface area contributed by atoms with Crippen LogP contribution in [0, 0.1) is 0 Å². The van der Waals surface area contributed by atoms with Gasteiger partial charge in [0.05, 0.1) is 11.4 Å². The summed E-state index contributed by atoms with van der Waals surface area (Å²) in [5.41, 5.74) is 6.95. The Morgan fingerprint density at radius 2 is 1.90 bits per heavy atom. The summed E-state index contributed by atoms with van der Waals surface area (Å²) in [5, 5.41) is 0. The van der Waals surface area contributed by atoms with Gasteiger partial charge < -0.3 is 10.5 Å². The highest BCUT2D eigenvalue weighted by Crippen LogP contribution is 2.22. The van der Waals surface area contributed by atoms with E-state index in [-0.39, 0.29) is 5.75 Å². The fourth-order valence-electron chi connectivity index (χ4n) is 1.71. The lowest BCUT2D eigenvalue weighted by Crippen LogP contribution is -2.20. The van der Waals surface area contributed by atoms with Gasteiger partial charge in [0.15, 0.2) is 0 Å². The minimum atomic E-state index is -3.27. The number of aromatic nitrogens is 1. The van der Waals surface area contributed by atoms with Gasteiger partial charge >= 0.3 is 0 Å². The highest BCUT2D eigenvalue weighted by molar-refractivity contribution is 7.88. The molecule has 0 saturated carbocycles. The average Bonchev–Trinajstić information content (AvgIpc) is 2.49. The van der Waals surface area contributed by atoms with Crippen LogP contribution in [0.15, 0.2) is 42.6 Å². The SMILES string of the molecule is CNS(=O)(=O)Cc1ccc(Oc2ccnc(CN)c2)cc1. The van der Waals surface area contributed by atoms with Gasteiger partial charge in [0.25, 0.3) is 0 Å². The number of hydrogen-bond donors (Lipinski definition) is 2. The van der Waals surface area contributed by atoms with Gasteiger partial charge in [0.2, 0.25) is 10.0 Å². The first-order valence-corrected chi connectivity index (χ1v) is 8.00. The second-order valence-electron chi connectivity index (χ2n) is 4.40. The molecule has 112 valence electrons. The van der Waals surface area contributed by atoms with Crippen molar-refractivity contribution >= 4 is 10.0 Å². The molecule has 2 aromatic rings. The molecule has 2 rings (SSSR count). The van der Waals surface area contributed by atoms with Crippen LogP contribution in [0.2, 0.25) is 0 Å². The fraction of sp³-hybridized carbons (Fsp3) is 0.214. The number of sulfonamides is 1. The largest absolute Gasteiger partial charge is 0.457 e. The molecule has 1 aromatic carbocycles. The Labute approximate surface area is 124 Å². The maximum absolute atomic E-state index is 11.5. The highest BCUT2D eigenvalue weighted by Gasteiger charge is 2.08. The van der Waals surface area contributed by atoms with Gasteiger partial charge in [0.1, 0.15) is 11.5 Å². The maximum Gasteiger partial charge on any atom is 0.215 e. The van der Waals surface area contributed by atoms with Crippen LogP contribution in [-0.4, -0.2) is 20.4 Å². The van der Waals surface area contributed by atoms with Crippen molar-refractivity contribution in [2.45, 2.75) is 12.3 Å². The minimum Gasteiger partial charge on any atom is -0.457 e. The van der Waals surface area contributed by atoms with Crippen LogP contribution in [0.3, 0.4) is 0 Å². The summed E-state index contributed by atoms with van der Waals surface area (Å²) in [5.74, 6) is 1.20. The van der Waals surface area contributed by atoms with Gasteiger partial charge in [-0.15, -0.1) is 0 Å². The van der Waals surface area contributed by atoms with E-state index < -0.39 is 10.0 Å². The fourth-order valence-corrected chi connectivity index (χ4v) is 2.49. The lowest BCUT2D eigenvalue weighted by atomic mass is 10.2. The first-order valence-electron chi connectivity index (χ1n) is 6.35. The van der Waals surface area contributed by atoms with Gasteiger partial charge in [-0.2, -0.15) is 0 Å². The second kappa shape index (κ2) is 6.66. The Hall–Kier alpha value is -1.96. The molecule has 0 unspecified atom stereocenters. The van der Waals surface area contributed by atoms with Gasteiger partial charge in [0, 0.05) is 18.8 Å². The van der Waals surface area contributed by atoms with Crippen molar-refractivity contribution in [3.8, 4) is 11.5 Å². The van der Waals surface area contributed by atoms with E-state index in [9.17, 15) is 8.42 Å². The molecule has 21 heavy (non-hydrogen) atoms. The van der Waals surface area contributed by atoms with Crippen LogP contribution in [0.5, 0.6) is 11.5 Å². The molecule has 0 aliphatic carbocycles. The Balaban J connectivity index is 2.08. The summed E-state index contributed by atoms with van der Waals surface area (Å²) in [4.78, 5) is 4.08. The zero-order valence-electron chi connectivity index (χ0n) is 11.6. The van der Waals surface area contributed by atoms with Gasteiger partial charge in [-0.1, -0.05) is 12.1 Å². The van der Waals surface area contributed by atoms with E-state index in [1.807, 2.05) is 0 Å². The van der Waals surface area contributed by atoms with Crippen molar-refractivity contribution in [2.75, 3.05) is 7.05 Å². The van der Waals surface area contributed by atoms with E-state index in [0.717, 1.165) is 5.69 Å². The number of nitrogens with two attached hydrogens (primary N) is 1. The van der Waals surface area contributed by atoms with E-state index in [1.165, 1.54) is 7.05 Å². The van der Waals surface area contributed by atoms with Gasteiger partial charge in [-0.3, -0.25) is 4.98 Å². The molecule has 0 amide bonds. The van der Waals surface area contributed by atoms with Crippen molar-refractivity contribution in [3.63, 3.8) is 0 Å². The molecule has 7 heteroatoms. The summed E-state index contributed by atoms with van der Waals surface area (Å²) in [6.45, 7) is 0.345. The van der Waals surface area contributed by atoms with Crippen molar-refractivity contribution in [1.82, 2.24) is 9.71 Å². The normalized spacial score (nSPS) is 11.3. The molecule has 1 aromatic heterocycles. The quantitative estimate of drug-likeness (QED) is 0.841. The first kappa shape index (κ1) is 15.4. The Bertz CT molecular complexity index is 700. The molecule has 0 spiro atoms. The molecule has 1 heterocycles. The molecule has 3 N–H and O–H groups in total. The Morgan fingerprint density at radius 1 is 1.19 bits per heavy atom. The van der Waals surface area contributed by atoms with Crippen molar-refractivity contribution in [1.29, 1.82) is 0 Å². The molecule has 0 aliphatic heterocycles. The number of nitrogens with zero attached hydrogens (tertiary/aromatic N) is 1. The number of benzene rings is 1. The van der Waals surface area contributed by atoms with Crippen molar-refractivity contribution < 1.29 is 13.2 Å². The summed E-state index contributed by atoms with van der Waals surface area (Å²) in [7, 11) is -1.87. The van der Waals surface area contributed by atoms with E-state index in [0.29, 0.717) is 23.6 Å². The number of rotatable bonds is 6. The third-order valence-corrected chi connectivity index (χ3v) is 4.16. The molecule has 0 atom stereocenters. The highest BCUT2D eigenvalue weighted by atomic mass is 32.2. The molecular weight excluding hydrogens is 290 g/mol. The molecule has 0 bridgehead atoms. The molecule has 0 radical (unpaired) electrons. The zero-order valence-corrected chi connectivity index (χ0v) is 12.4. The summed E-state index contributed by atoms with van der Waals surface area (Å²) >= 11 is 0. The van der Waals surface area contributed by atoms with E-state index in [1.54, 1.807) is 42.6 Å². The third kappa shape index (κ3) is 4.52. The maximum atomic E-state index is 11.5. The minimum absolute atomic E-state index is 0.0592. The summed E-state index contributed by atoms with van der Waals surface area (Å²) < 4.78 is 30.9. The van der Waals surface area contributed by atoms with Gasteiger partial charge in [-0.05, 0) is 30.8 Å². The van der Waals surface area contributed by atoms with Crippen LogP contribution in [0.1, 0.15) is 11.3 Å².